The average molecular weight is 272 g/mol. The van der Waals surface area contributed by atoms with E-state index in [4.69, 9.17) is 11.6 Å². The number of halogens is 1. The van der Waals surface area contributed by atoms with E-state index in [9.17, 15) is 5.11 Å². The first-order valence-electron chi connectivity index (χ1n) is 6.62. The topological polar surface area (TPSA) is 41.3 Å². The molecule has 102 valence electrons. The molecule has 4 nitrogen and oxygen atoms in total. The van der Waals surface area contributed by atoms with Gasteiger partial charge in [0, 0.05) is 12.1 Å². The summed E-state index contributed by atoms with van der Waals surface area (Å²) in [5.41, 5.74) is 0.420. The van der Waals surface area contributed by atoms with Gasteiger partial charge in [0.1, 0.15) is 6.10 Å². The molecule has 5 heteroatoms. The van der Waals surface area contributed by atoms with Crippen molar-refractivity contribution in [3.63, 3.8) is 0 Å². The van der Waals surface area contributed by atoms with E-state index in [-0.39, 0.29) is 5.54 Å². The zero-order valence-corrected chi connectivity index (χ0v) is 12.1. The van der Waals surface area contributed by atoms with Crippen LogP contribution in [0.5, 0.6) is 0 Å². The van der Waals surface area contributed by atoms with Gasteiger partial charge in [0.05, 0.1) is 16.9 Å². The third-order valence-electron chi connectivity index (χ3n) is 3.98. The lowest BCUT2D eigenvalue weighted by Crippen LogP contribution is -2.47. The summed E-state index contributed by atoms with van der Waals surface area (Å²) in [7, 11) is 0. The Morgan fingerprint density at radius 3 is 2.61 bits per heavy atom. The fourth-order valence-corrected chi connectivity index (χ4v) is 2.94. The largest absolute Gasteiger partial charge is 0.385 e. The standard InChI is InChI=1S/C13H22ClN3O/c1-4-17-11(10(14)9-15-17)12(18)13(2,3)16-7-5-6-8-16/h9,12,18H,4-8H2,1-3H3. The number of nitrogens with zero attached hydrogens (tertiary/aromatic N) is 3. The van der Waals surface area contributed by atoms with E-state index in [1.54, 1.807) is 10.9 Å². The highest BCUT2D eigenvalue weighted by atomic mass is 35.5. The van der Waals surface area contributed by atoms with Gasteiger partial charge >= 0.3 is 0 Å². The molecule has 2 heterocycles. The molecule has 1 aromatic rings. The molecule has 1 aliphatic heterocycles. The van der Waals surface area contributed by atoms with E-state index in [1.807, 2.05) is 6.92 Å². The van der Waals surface area contributed by atoms with Crippen molar-refractivity contribution >= 4 is 11.6 Å². The summed E-state index contributed by atoms with van der Waals surface area (Å²) >= 11 is 6.17. The summed E-state index contributed by atoms with van der Waals surface area (Å²) in [4.78, 5) is 2.33. The zero-order valence-electron chi connectivity index (χ0n) is 11.4. The number of aromatic nitrogens is 2. The molecule has 0 saturated carbocycles. The fourth-order valence-electron chi connectivity index (χ4n) is 2.70. The second-order valence-corrected chi connectivity index (χ2v) is 5.85. The van der Waals surface area contributed by atoms with Crippen LogP contribution in [0.3, 0.4) is 0 Å². The highest BCUT2D eigenvalue weighted by Crippen LogP contribution is 2.36. The van der Waals surface area contributed by atoms with Crippen LogP contribution in [0, 0.1) is 0 Å². The van der Waals surface area contributed by atoms with Gasteiger partial charge in [-0.05, 0) is 46.7 Å². The monoisotopic (exact) mass is 271 g/mol. The maximum absolute atomic E-state index is 10.7. The van der Waals surface area contributed by atoms with E-state index in [0.29, 0.717) is 5.02 Å². The molecule has 1 aromatic heterocycles. The molecule has 1 aliphatic rings. The van der Waals surface area contributed by atoms with Gasteiger partial charge in [0.15, 0.2) is 0 Å². The van der Waals surface area contributed by atoms with Gasteiger partial charge < -0.3 is 5.11 Å². The minimum absolute atomic E-state index is 0.312. The van der Waals surface area contributed by atoms with Crippen LogP contribution in [0.4, 0.5) is 0 Å². The lowest BCUT2D eigenvalue weighted by molar-refractivity contribution is -0.00369. The van der Waals surface area contributed by atoms with Crippen LogP contribution < -0.4 is 0 Å². The number of hydrogen-bond acceptors (Lipinski definition) is 3. The van der Waals surface area contributed by atoms with Crippen LogP contribution >= 0.6 is 11.6 Å². The van der Waals surface area contributed by atoms with Gasteiger partial charge in [0.2, 0.25) is 0 Å². The number of aliphatic hydroxyl groups is 1. The highest BCUT2D eigenvalue weighted by molar-refractivity contribution is 6.31. The molecule has 2 rings (SSSR count). The van der Waals surface area contributed by atoms with Crippen molar-refractivity contribution in [3.05, 3.63) is 16.9 Å². The van der Waals surface area contributed by atoms with Crippen molar-refractivity contribution in [2.75, 3.05) is 13.1 Å². The lowest BCUT2D eigenvalue weighted by Gasteiger charge is -2.39. The second-order valence-electron chi connectivity index (χ2n) is 5.44. The average Bonchev–Trinajstić information content (AvgIpc) is 2.96. The molecule has 0 aliphatic carbocycles. The summed E-state index contributed by atoms with van der Waals surface area (Å²) in [6.07, 6.45) is 3.41. The van der Waals surface area contributed by atoms with E-state index < -0.39 is 6.10 Å². The summed E-state index contributed by atoms with van der Waals surface area (Å²) in [6.45, 7) is 8.96. The Morgan fingerprint density at radius 2 is 2.06 bits per heavy atom. The first-order valence-corrected chi connectivity index (χ1v) is 7.00. The number of likely N-dealkylation sites (tertiary alicyclic amines) is 1. The Hall–Kier alpha value is -0.580. The molecule has 0 amide bonds. The zero-order chi connectivity index (χ0) is 13.3. The predicted octanol–water partition coefficient (Wildman–Crippen LogP) is 2.46. The maximum Gasteiger partial charge on any atom is 0.115 e. The van der Waals surface area contributed by atoms with Gasteiger partial charge in [-0.15, -0.1) is 0 Å². The van der Waals surface area contributed by atoms with Gasteiger partial charge in [-0.1, -0.05) is 11.6 Å². The number of rotatable bonds is 4. The van der Waals surface area contributed by atoms with Crippen molar-refractivity contribution in [1.82, 2.24) is 14.7 Å². The molecule has 0 spiro atoms. The van der Waals surface area contributed by atoms with Crippen LogP contribution in [-0.4, -0.2) is 38.4 Å². The summed E-state index contributed by atoms with van der Waals surface area (Å²) in [5, 5.41) is 15.5. The second kappa shape index (κ2) is 5.19. The van der Waals surface area contributed by atoms with Gasteiger partial charge in [-0.25, -0.2) is 0 Å². The smallest absolute Gasteiger partial charge is 0.115 e. The number of aryl methyl sites for hydroxylation is 1. The quantitative estimate of drug-likeness (QED) is 0.915. The van der Waals surface area contributed by atoms with Crippen LogP contribution in [0.15, 0.2) is 6.20 Å². The minimum Gasteiger partial charge on any atom is -0.385 e. The molecule has 0 radical (unpaired) electrons. The third kappa shape index (κ3) is 2.29. The van der Waals surface area contributed by atoms with E-state index in [2.05, 4.69) is 23.8 Å². The molecular formula is C13H22ClN3O. The minimum atomic E-state index is -0.620. The normalized spacial score (nSPS) is 19.4. The molecule has 0 bridgehead atoms. The Bertz CT molecular complexity index is 410. The maximum atomic E-state index is 10.7. The number of hydrogen-bond donors (Lipinski definition) is 1. The summed E-state index contributed by atoms with van der Waals surface area (Å²) in [6, 6.07) is 0. The molecule has 1 atom stereocenters. The van der Waals surface area contributed by atoms with Crippen LogP contribution in [0.25, 0.3) is 0 Å². The van der Waals surface area contributed by atoms with Gasteiger partial charge in [0.25, 0.3) is 0 Å². The Kier molecular flexibility index (Phi) is 3.99. The molecule has 1 N–H and O–H groups in total. The number of aliphatic hydroxyl groups excluding tert-OH is 1. The van der Waals surface area contributed by atoms with Crippen LogP contribution in [0.1, 0.15) is 45.4 Å². The van der Waals surface area contributed by atoms with Crippen molar-refractivity contribution in [3.8, 4) is 0 Å². The highest BCUT2D eigenvalue weighted by Gasteiger charge is 2.39. The van der Waals surface area contributed by atoms with E-state index in [1.165, 1.54) is 12.8 Å². The van der Waals surface area contributed by atoms with Crippen molar-refractivity contribution in [2.24, 2.45) is 0 Å². The summed E-state index contributed by atoms with van der Waals surface area (Å²) < 4.78 is 1.78. The van der Waals surface area contributed by atoms with Crippen molar-refractivity contribution in [2.45, 2.75) is 51.8 Å². The van der Waals surface area contributed by atoms with E-state index >= 15 is 0 Å². The molecule has 1 saturated heterocycles. The molecule has 1 unspecified atom stereocenters. The van der Waals surface area contributed by atoms with Crippen LogP contribution in [0.2, 0.25) is 5.02 Å². The Labute approximate surface area is 114 Å². The lowest BCUT2D eigenvalue weighted by atomic mass is 9.92. The Morgan fingerprint density at radius 1 is 1.44 bits per heavy atom. The fraction of sp³-hybridized carbons (Fsp3) is 0.769. The Balaban J connectivity index is 2.28. The molecule has 1 fully saturated rings. The van der Waals surface area contributed by atoms with Crippen molar-refractivity contribution in [1.29, 1.82) is 0 Å². The van der Waals surface area contributed by atoms with Gasteiger partial charge in [-0.3, -0.25) is 9.58 Å². The first-order chi connectivity index (χ1) is 8.48. The molecular weight excluding hydrogens is 250 g/mol. The third-order valence-corrected chi connectivity index (χ3v) is 4.27. The van der Waals surface area contributed by atoms with Crippen molar-refractivity contribution < 1.29 is 5.11 Å². The predicted molar refractivity (Wildman–Crippen MR) is 72.8 cm³/mol. The molecule has 0 aromatic carbocycles. The summed E-state index contributed by atoms with van der Waals surface area (Å²) in [5.74, 6) is 0. The molecule has 18 heavy (non-hydrogen) atoms. The van der Waals surface area contributed by atoms with E-state index in [0.717, 1.165) is 25.3 Å². The first kappa shape index (κ1) is 13.8. The van der Waals surface area contributed by atoms with Gasteiger partial charge in [-0.2, -0.15) is 5.10 Å². The van der Waals surface area contributed by atoms with Crippen LogP contribution in [-0.2, 0) is 6.54 Å². The SMILES string of the molecule is CCn1ncc(Cl)c1C(O)C(C)(C)N1CCCC1.